The van der Waals surface area contributed by atoms with Crippen LogP contribution >= 0.6 is 0 Å². The van der Waals surface area contributed by atoms with E-state index in [1.807, 2.05) is 0 Å². The van der Waals surface area contributed by atoms with E-state index in [-0.39, 0.29) is 22.7 Å². The molecule has 0 aliphatic heterocycles. The van der Waals surface area contributed by atoms with E-state index in [2.05, 4.69) is 135 Å². The third kappa shape index (κ3) is 7.83. The van der Waals surface area contributed by atoms with Crippen LogP contribution in [0, 0.1) is 0 Å². The molecule has 0 saturated carbocycles. The van der Waals surface area contributed by atoms with Crippen molar-refractivity contribution in [2.75, 3.05) is 0 Å². The van der Waals surface area contributed by atoms with Crippen LogP contribution in [0.25, 0.3) is 0 Å². The molecule has 0 heterocycles. The fraction of sp³-hybridized carbons (Fsp3) is 0.419. The molecule has 0 aliphatic rings. The number of rotatable bonds is 6. The summed E-state index contributed by atoms with van der Waals surface area (Å²) in [6, 6.07) is 25.3. The molecule has 0 spiro atoms. The van der Waals surface area contributed by atoms with Crippen molar-refractivity contribution in [2.24, 2.45) is 0 Å². The minimum absolute atomic E-state index is 0.0797. The molecule has 0 aliphatic carbocycles. The van der Waals surface area contributed by atoms with Crippen LogP contribution in [0.1, 0.15) is 84.9 Å². The molecule has 0 saturated heterocycles. The van der Waals surface area contributed by atoms with Gasteiger partial charge in [0.2, 0.25) is 0 Å². The van der Waals surface area contributed by atoms with Crippen LogP contribution < -0.4 is 14.2 Å². The lowest BCUT2D eigenvalue weighted by Crippen LogP contribution is -2.23. The molecule has 0 unspecified atom stereocenters. The van der Waals surface area contributed by atoms with Gasteiger partial charge in [-0.1, -0.05) is 36.4 Å². The number of hydrogen-bond donors (Lipinski definition) is 0. The fourth-order valence-corrected chi connectivity index (χ4v) is 3.82. The van der Waals surface area contributed by atoms with Crippen molar-refractivity contribution in [3.63, 3.8) is 0 Å². The van der Waals surface area contributed by atoms with Gasteiger partial charge in [-0.3, -0.25) is 0 Å². The van der Waals surface area contributed by atoms with Crippen LogP contribution in [0.2, 0.25) is 0 Å². The molecule has 182 valence electrons. The average molecular weight is 461 g/mol. The maximum Gasteiger partial charge on any atom is 0.120 e. The lowest BCUT2D eigenvalue weighted by molar-refractivity contribution is 0.130. The van der Waals surface area contributed by atoms with Crippen molar-refractivity contribution >= 4 is 0 Å². The van der Waals surface area contributed by atoms with Crippen molar-refractivity contribution in [1.29, 1.82) is 0 Å². The molecule has 3 aromatic carbocycles. The van der Waals surface area contributed by atoms with Crippen LogP contribution in [-0.2, 0) is 0 Å². The Morgan fingerprint density at radius 2 is 0.588 bits per heavy atom. The van der Waals surface area contributed by atoms with E-state index in [1.165, 1.54) is 16.7 Å². The lowest BCUT2D eigenvalue weighted by Gasteiger charge is -2.24. The monoisotopic (exact) mass is 460 g/mol. The van der Waals surface area contributed by atoms with Crippen LogP contribution in [0.3, 0.4) is 0 Å². The van der Waals surface area contributed by atoms with Gasteiger partial charge in [-0.2, -0.15) is 0 Å². The van der Waals surface area contributed by atoms with Gasteiger partial charge in [-0.25, -0.2) is 0 Å². The zero-order valence-electron chi connectivity index (χ0n) is 22.2. The van der Waals surface area contributed by atoms with Gasteiger partial charge in [0.25, 0.3) is 0 Å². The van der Waals surface area contributed by atoms with Crippen molar-refractivity contribution in [3.05, 3.63) is 89.5 Å². The summed E-state index contributed by atoms with van der Waals surface area (Å²) in [6.07, 6.45) is 0. The summed E-state index contributed by atoms with van der Waals surface area (Å²) in [6.45, 7) is 18.6. The van der Waals surface area contributed by atoms with E-state index < -0.39 is 0 Å². The summed E-state index contributed by atoms with van der Waals surface area (Å²) in [7, 11) is 0. The first-order valence-electron chi connectivity index (χ1n) is 12.1. The minimum Gasteiger partial charge on any atom is -0.488 e. The standard InChI is InChI=1S/C31H40O3/c1-29(2,3)32-25-16-10-22(11-17-25)28(23-12-18-26(19-13-23)33-30(4,5)6)24-14-20-27(21-15-24)34-31(7,8)9/h10-21,28H,1-9H3. The highest BCUT2D eigenvalue weighted by atomic mass is 16.5. The van der Waals surface area contributed by atoms with Gasteiger partial charge in [0.05, 0.1) is 0 Å². The topological polar surface area (TPSA) is 27.7 Å². The molecule has 3 heteroatoms. The highest BCUT2D eigenvalue weighted by Gasteiger charge is 2.20. The molecular weight excluding hydrogens is 420 g/mol. The number of ether oxygens (including phenoxy) is 3. The Morgan fingerprint density at radius 1 is 0.382 bits per heavy atom. The zero-order valence-corrected chi connectivity index (χ0v) is 22.2. The summed E-state index contributed by atoms with van der Waals surface area (Å²) in [5.74, 6) is 2.70. The first-order valence-corrected chi connectivity index (χ1v) is 12.1. The Bertz CT molecular complexity index is 901. The van der Waals surface area contributed by atoms with E-state index in [0.717, 1.165) is 17.2 Å². The van der Waals surface area contributed by atoms with Crippen molar-refractivity contribution < 1.29 is 14.2 Å². The van der Waals surface area contributed by atoms with Crippen LogP contribution in [0.15, 0.2) is 72.8 Å². The van der Waals surface area contributed by atoms with Crippen LogP contribution in [-0.4, -0.2) is 16.8 Å². The predicted octanol–water partition coefficient (Wildman–Crippen LogP) is 8.40. The number of benzene rings is 3. The third-order valence-electron chi connectivity index (χ3n) is 4.91. The molecule has 0 amide bonds. The molecule has 3 aromatic rings. The van der Waals surface area contributed by atoms with Crippen molar-refractivity contribution in [1.82, 2.24) is 0 Å². The fourth-order valence-electron chi connectivity index (χ4n) is 3.82. The summed E-state index contributed by atoms with van der Waals surface area (Å²) in [5, 5.41) is 0. The van der Waals surface area contributed by atoms with E-state index in [4.69, 9.17) is 14.2 Å². The largest absolute Gasteiger partial charge is 0.488 e. The quantitative estimate of drug-likeness (QED) is 0.346. The highest BCUT2D eigenvalue weighted by Crippen LogP contribution is 2.35. The lowest BCUT2D eigenvalue weighted by atomic mass is 9.85. The second-order valence-corrected chi connectivity index (χ2v) is 11.8. The van der Waals surface area contributed by atoms with Gasteiger partial charge in [0, 0.05) is 5.92 Å². The van der Waals surface area contributed by atoms with Gasteiger partial charge in [-0.15, -0.1) is 0 Å². The average Bonchev–Trinajstić information content (AvgIpc) is 2.69. The normalized spacial score (nSPS) is 12.5. The zero-order chi connectivity index (χ0) is 25.1. The van der Waals surface area contributed by atoms with E-state index in [0.29, 0.717) is 0 Å². The molecular formula is C31H40O3. The van der Waals surface area contributed by atoms with E-state index in [1.54, 1.807) is 0 Å². The predicted molar refractivity (Wildman–Crippen MR) is 141 cm³/mol. The second kappa shape index (κ2) is 9.74. The molecule has 3 nitrogen and oxygen atoms in total. The molecule has 34 heavy (non-hydrogen) atoms. The first-order chi connectivity index (χ1) is 15.7. The Hall–Kier alpha value is -2.94. The van der Waals surface area contributed by atoms with Gasteiger partial charge in [0.15, 0.2) is 0 Å². The maximum atomic E-state index is 6.04. The van der Waals surface area contributed by atoms with Gasteiger partial charge in [0.1, 0.15) is 34.1 Å². The van der Waals surface area contributed by atoms with Crippen molar-refractivity contribution in [3.8, 4) is 17.2 Å². The Labute approximate surface area is 206 Å². The first kappa shape index (κ1) is 25.7. The Balaban J connectivity index is 1.97. The molecule has 0 N–H and O–H groups in total. The molecule has 0 atom stereocenters. The van der Waals surface area contributed by atoms with Crippen LogP contribution in [0.5, 0.6) is 17.2 Å². The SMILES string of the molecule is CC(C)(C)Oc1ccc(C(c2ccc(OC(C)(C)C)cc2)c2ccc(OC(C)(C)C)cc2)cc1. The minimum atomic E-state index is -0.229. The molecule has 0 radical (unpaired) electrons. The van der Waals surface area contributed by atoms with Gasteiger partial charge in [-0.05, 0) is 115 Å². The molecule has 3 rings (SSSR count). The second-order valence-electron chi connectivity index (χ2n) is 11.8. The van der Waals surface area contributed by atoms with E-state index >= 15 is 0 Å². The van der Waals surface area contributed by atoms with Gasteiger partial charge >= 0.3 is 0 Å². The third-order valence-corrected chi connectivity index (χ3v) is 4.91. The van der Waals surface area contributed by atoms with Gasteiger partial charge < -0.3 is 14.2 Å². The van der Waals surface area contributed by atoms with Crippen molar-refractivity contribution in [2.45, 2.75) is 85.0 Å². The Kier molecular flexibility index (Phi) is 7.35. The highest BCUT2D eigenvalue weighted by molar-refractivity contribution is 5.47. The number of hydrogen-bond acceptors (Lipinski definition) is 3. The smallest absolute Gasteiger partial charge is 0.120 e. The van der Waals surface area contributed by atoms with E-state index in [9.17, 15) is 0 Å². The maximum absolute atomic E-state index is 6.04. The summed E-state index contributed by atoms with van der Waals surface area (Å²) in [4.78, 5) is 0. The summed E-state index contributed by atoms with van der Waals surface area (Å²) < 4.78 is 18.1. The molecule has 0 bridgehead atoms. The molecule has 0 aromatic heterocycles. The summed E-state index contributed by atoms with van der Waals surface area (Å²) in [5.41, 5.74) is 2.92. The van der Waals surface area contributed by atoms with Crippen LogP contribution in [0.4, 0.5) is 0 Å². The molecule has 0 fully saturated rings. The Morgan fingerprint density at radius 3 is 0.765 bits per heavy atom. The summed E-state index contributed by atoms with van der Waals surface area (Å²) >= 11 is 0.